The topological polar surface area (TPSA) is 55.8 Å². The molecule has 8 heteroatoms. The number of piperidine rings is 1. The van der Waals surface area contributed by atoms with Crippen molar-refractivity contribution in [3.8, 4) is 5.75 Å². The van der Waals surface area contributed by atoms with Crippen LogP contribution in [0, 0.1) is 23.4 Å². The monoisotopic (exact) mass is 407 g/mol. The SMILES string of the molecule is COC(=O)C1CN(Cc2ccc(OC)cc2)C(=O)CC1c1cc(F)c(F)cc1F. The molecule has 1 aliphatic rings. The predicted octanol–water partition coefficient (Wildman–Crippen LogP) is 3.42. The Balaban J connectivity index is 1.87. The van der Waals surface area contributed by atoms with Gasteiger partial charge in [0.05, 0.1) is 20.1 Å². The zero-order valence-electron chi connectivity index (χ0n) is 16.0. The van der Waals surface area contributed by atoms with E-state index in [1.165, 1.54) is 12.0 Å². The van der Waals surface area contributed by atoms with Crippen LogP contribution in [0.3, 0.4) is 0 Å². The minimum Gasteiger partial charge on any atom is -0.497 e. The third-order valence-electron chi connectivity index (χ3n) is 5.13. The number of ether oxygens (including phenoxy) is 2. The van der Waals surface area contributed by atoms with E-state index in [1.807, 2.05) is 0 Å². The number of methoxy groups -OCH3 is 2. The molecule has 0 bridgehead atoms. The number of hydrogen-bond acceptors (Lipinski definition) is 4. The summed E-state index contributed by atoms with van der Waals surface area (Å²) >= 11 is 0. The normalized spacial score (nSPS) is 19.2. The Morgan fingerprint density at radius 1 is 1.07 bits per heavy atom. The van der Waals surface area contributed by atoms with Crippen LogP contribution in [0.25, 0.3) is 0 Å². The number of esters is 1. The fourth-order valence-corrected chi connectivity index (χ4v) is 3.57. The van der Waals surface area contributed by atoms with Crippen LogP contribution in [-0.2, 0) is 20.9 Å². The number of carbonyl (C=O) groups excluding carboxylic acids is 2. The molecule has 2 aromatic rings. The van der Waals surface area contributed by atoms with E-state index in [0.29, 0.717) is 17.9 Å². The molecule has 0 saturated carbocycles. The number of hydrogen-bond donors (Lipinski definition) is 0. The van der Waals surface area contributed by atoms with Crippen LogP contribution in [-0.4, -0.2) is 37.5 Å². The average molecular weight is 407 g/mol. The molecule has 29 heavy (non-hydrogen) atoms. The second kappa shape index (κ2) is 8.55. The number of likely N-dealkylation sites (tertiary alicyclic amines) is 1. The van der Waals surface area contributed by atoms with Crippen molar-refractivity contribution in [2.24, 2.45) is 5.92 Å². The fourth-order valence-electron chi connectivity index (χ4n) is 3.57. The van der Waals surface area contributed by atoms with Gasteiger partial charge in [0.2, 0.25) is 5.91 Å². The lowest BCUT2D eigenvalue weighted by atomic mass is 9.79. The zero-order valence-corrected chi connectivity index (χ0v) is 16.0. The summed E-state index contributed by atoms with van der Waals surface area (Å²) < 4.78 is 51.2. The van der Waals surface area contributed by atoms with Crippen molar-refractivity contribution in [1.82, 2.24) is 4.90 Å². The smallest absolute Gasteiger partial charge is 0.311 e. The molecule has 154 valence electrons. The summed E-state index contributed by atoms with van der Waals surface area (Å²) in [5, 5.41) is 0. The van der Waals surface area contributed by atoms with Crippen LogP contribution >= 0.6 is 0 Å². The molecule has 1 aliphatic heterocycles. The van der Waals surface area contributed by atoms with Gasteiger partial charge in [0.1, 0.15) is 11.6 Å². The molecule has 0 aliphatic carbocycles. The molecule has 2 atom stereocenters. The number of amides is 1. The number of benzene rings is 2. The largest absolute Gasteiger partial charge is 0.497 e. The molecule has 0 N–H and O–H groups in total. The van der Waals surface area contributed by atoms with Crippen LogP contribution in [0.1, 0.15) is 23.5 Å². The van der Waals surface area contributed by atoms with Crippen molar-refractivity contribution in [2.45, 2.75) is 18.9 Å². The number of nitrogens with zero attached hydrogens (tertiary/aromatic N) is 1. The molecule has 3 rings (SSSR count). The molecule has 5 nitrogen and oxygen atoms in total. The van der Waals surface area contributed by atoms with Gasteiger partial charge >= 0.3 is 5.97 Å². The van der Waals surface area contributed by atoms with Crippen LogP contribution in [0.4, 0.5) is 13.2 Å². The number of carbonyl (C=O) groups is 2. The Kier molecular flexibility index (Phi) is 6.10. The van der Waals surface area contributed by atoms with E-state index in [-0.39, 0.29) is 31.0 Å². The molecule has 1 amide bonds. The maximum Gasteiger partial charge on any atom is 0.311 e. The summed E-state index contributed by atoms with van der Waals surface area (Å²) in [6.45, 7) is 0.212. The van der Waals surface area contributed by atoms with Gasteiger partial charge in [-0.3, -0.25) is 9.59 Å². The molecule has 1 fully saturated rings. The number of halogens is 3. The maximum absolute atomic E-state index is 14.3. The van der Waals surface area contributed by atoms with Gasteiger partial charge in [0, 0.05) is 31.5 Å². The van der Waals surface area contributed by atoms with Crippen molar-refractivity contribution < 1.29 is 32.2 Å². The van der Waals surface area contributed by atoms with Crippen molar-refractivity contribution >= 4 is 11.9 Å². The quantitative estimate of drug-likeness (QED) is 0.563. The summed E-state index contributed by atoms with van der Waals surface area (Å²) in [5.74, 6) is -5.73. The van der Waals surface area contributed by atoms with Crippen molar-refractivity contribution in [1.29, 1.82) is 0 Å². The first kappa shape index (κ1) is 20.7. The van der Waals surface area contributed by atoms with E-state index in [9.17, 15) is 22.8 Å². The Morgan fingerprint density at radius 2 is 1.72 bits per heavy atom. The third-order valence-corrected chi connectivity index (χ3v) is 5.13. The van der Waals surface area contributed by atoms with Crippen molar-refractivity contribution in [2.75, 3.05) is 20.8 Å². The van der Waals surface area contributed by atoms with Gasteiger partial charge in [-0.15, -0.1) is 0 Å². The van der Waals surface area contributed by atoms with Crippen LogP contribution in [0.15, 0.2) is 36.4 Å². The highest BCUT2D eigenvalue weighted by Crippen LogP contribution is 2.37. The lowest BCUT2D eigenvalue weighted by Gasteiger charge is -2.37. The van der Waals surface area contributed by atoms with E-state index < -0.39 is 35.3 Å². The zero-order chi connectivity index (χ0) is 21.1. The molecule has 2 unspecified atom stereocenters. The highest BCUT2D eigenvalue weighted by atomic mass is 19.2. The Labute approximate surface area is 166 Å². The Bertz CT molecular complexity index is 917. The second-order valence-corrected chi connectivity index (χ2v) is 6.85. The molecular weight excluding hydrogens is 387 g/mol. The lowest BCUT2D eigenvalue weighted by Crippen LogP contribution is -2.46. The first-order valence-corrected chi connectivity index (χ1v) is 8.97. The minimum atomic E-state index is -1.33. The summed E-state index contributed by atoms with van der Waals surface area (Å²) in [5.41, 5.74) is 0.608. The van der Waals surface area contributed by atoms with E-state index in [2.05, 4.69) is 0 Å². The van der Waals surface area contributed by atoms with Gasteiger partial charge in [0.25, 0.3) is 0 Å². The Morgan fingerprint density at radius 3 is 2.34 bits per heavy atom. The maximum atomic E-state index is 14.3. The van der Waals surface area contributed by atoms with Crippen LogP contribution in [0.5, 0.6) is 5.75 Å². The van der Waals surface area contributed by atoms with E-state index >= 15 is 0 Å². The number of rotatable bonds is 5. The molecular formula is C21H20F3NO4. The predicted molar refractivity (Wildman–Crippen MR) is 97.6 cm³/mol. The van der Waals surface area contributed by atoms with Gasteiger partial charge < -0.3 is 14.4 Å². The summed E-state index contributed by atoms with van der Waals surface area (Å²) in [6, 6.07) is 8.22. The molecule has 2 aromatic carbocycles. The van der Waals surface area contributed by atoms with Crippen molar-refractivity contribution in [3.05, 3.63) is 65.0 Å². The van der Waals surface area contributed by atoms with Gasteiger partial charge in [-0.1, -0.05) is 12.1 Å². The average Bonchev–Trinajstić information content (AvgIpc) is 2.72. The first-order chi connectivity index (χ1) is 13.8. The fraction of sp³-hybridized carbons (Fsp3) is 0.333. The van der Waals surface area contributed by atoms with Crippen molar-refractivity contribution in [3.63, 3.8) is 0 Å². The van der Waals surface area contributed by atoms with Crippen LogP contribution < -0.4 is 4.74 Å². The summed E-state index contributed by atoms with van der Waals surface area (Å²) in [7, 11) is 2.73. The second-order valence-electron chi connectivity index (χ2n) is 6.85. The van der Waals surface area contributed by atoms with E-state index in [1.54, 1.807) is 31.4 Å². The van der Waals surface area contributed by atoms with Crippen LogP contribution in [0.2, 0.25) is 0 Å². The standard InChI is InChI=1S/C21H20F3NO4/c1-28-13-5-3-12(4-6-13)10-25-11-16(21(27)29-2)14(8-20(25)26)15-7-18(23)19(24)9-17(15)22/h3-7,9,14,16H,8,10-11H2,1-2H3. The van der Waals surface area contributed by atoms with Gasteiger partial charge in [0.15, 0.2) is 11.6 Å². The molecule has 0 spiro atoms. The minimum absolute atomic E-state index is 0.0271. The third kappa shape index (κ3) is 4.36. The molecule has 1 heterocycles. The highest BCUT2D eigenvalue weighted by molar-refractivity contribution is 5.83. The van der Waals surface area contributed by atoms with Gasteiger partial charge in [-0.2, -0.15) is 0 Å². The summed E-state index contributed by atoms with van der Waals surface area (Å²) in [6.07, 6.45) is -0.224. The highest BCUT2D eigenvalue weighted by Gasteiger charge is 2.41. The molecule has 0 aromatic heterocycles. The van der Waals surface area contributed by atoms with E-state index in [0.717, 1.165) is 5.56 Å². The molecule has 1 saturated heterocycles. The molecule has 0 radical (unpaired) electrons. The lowest BCUT2D eigenvalue weighted by molar-refractivity contribution is -0.152. The Hall–Kier alpha value is -3.03. The van der Waals surface area contributed by atoms with Gasteiger partial charge in [-0.05, 0) is 29.3 Å². The summed E-state index contributed by atoms with van der Waals surface area (Å²) in [4.78, 5) is 26.5. The van der Waals surface area contributed by atoms with Gasteiger partial charge in [-0.25, -0.2) is 13.2 Å². The van der Waals surface area contributed by atoms with E-state index in [4.69, 9.17) is 9.47 Å². The first-order valence-electron chi connectivity index (χ1n) is 8.97.